The smallest absolute Gasteiger partial charge is 0.236 e. The molecule has 15 heavy (non-hydrogen) atoms. The Morgan fingerprint density at radius 1 is 1.60 bits per heavy atom. The summed E-state index contributed by atoms with van der Waals surface area (Å²) in [6.45, 7) is 5.77. The molecule has 1 atom stereocenters. The molecule has 2 rings (SSSR count). The number of nitrogens with one attached hydrogen (secondary N) is 1. The van der Waals surface area contributed by atoms with Gasteiger partial charge in [0.2, 0.25) is 5.91 Å². The maximum atomic E-state index is 11.8. The average Bonchev–Trinajstić information content (AvgIpc) is 2.26. The van der Waals surface area contributed by atoms with E-state index in [9.17, 15) is 4.79 Å². The second-order valence-corrected chi connectivity index (χ2v) is 4.16. The Kier molecular flexibility index (Phi) is 3.56. The lowest BCUT2D eigenvalue weighted by molar-refractivity contribution is -0.139. The van der Waals surface area contributed by atoms with Gasteiger partial charge in [0.05, 0.1) is 13.2 Å². The highest BCUT2D eigenvalue weighted by atomic mass is 16.5. The molecule has 0 radical (unpaired) electrons. The normalized spacial score (nSPS) is 27.9. The maximum Gasteiger partial charge on any atom is 0.236 e. The Bertz CT molecular complexity index is 235. The molecule has 2 aliphatic rings. The highest BCUT2D eigenvalue weighted by Crippen LogP contribution is 2.12. The monoisotopic (exact) mass is 213 g/mol. The molecule has 1 unspecified atom stereocenters. The first-order valence-corrected chi connectivity index (χ1v) is 5.52. The quantitative estimate of drug-likeness (QED) is 0.636. The first-order chi connectivity index (χ1) is 7.31. The van der Waals surface area contributed by atoms with Gasteiger partial charge in [0.25, 0.3) is 0 Å². The fourth-order valence-corrected chi connectivity index (χ4v) is 2.24. The van der Waals surface area contributed by atoms with Crippen LogP contribution in [0.2, 0.25) is 0 Å². The van der Waals surface area contributed by atoms with Gasteiger partial charge >= 0.3 is 0 Å². The SMILES string of the molecule is COCCN1CC2CNCCN2CC1=O. The third kappa shape index (κ3) is 2.48. The third-order valence-corrected chi connectivity index (χ3v) is 3.16. The molecule has 5 heteroatoms. The van der Waals surface area contributed by atoms with Crippen LogP contribution in [-0.2, 0) is 9.53 Å². The third-order valence-electron chi connectivity index (χ3n) is 3.16. The molecule has 86 valence electrons. The molecule has 2 saturated heterocycles. The van der Waals surface area contributed by atoms with Gasteiger partial charge in [-0.3, -0.25) is 9.69 Å². The molecular formula is C10H19N3O2. The molecule has 1 N–H and O–H groups in total. The lowest BCUT2D eigenvalue weighted by Gasteiger charge is -2.43. The van der Waals surface area contributed by atoms with Crippen LogP contribution >= 0.6 is 0 Å². The van der Waals surface area contributed by atoms with Crippen LogP contribution in [0.1, 0.15) is 0 Å². The van der Waals surface area contributed by atoms with Crippen molar-refractivity contribution in [2.45, 2.75) is 6.04 Å². The number of piperazine rings is 2. The lowest BCUT2D eigenvalue weighted by Crippen LogP contribution is -2.63. The van der Waals surface area contributed by atoms with Gasteiger partial charge in [-0.05, 0) is 0 Å². The summed E-state index contributed by atoms with van der Waals surface area (Å²) >= 11 is 0. The van der Waals surface area contributed by atoms with Gasteiger partial charge < -0.3 is 15.0 Å². The minimum Gasteiger partial charge on any atom is -0.383 e. The molecule has 0 bridgehead atoms. The van der Waals surface area contributed by atoms with E-state index in [1.165, 1.54) is 0 Å². The van der Waals surface area contributed by atoms with Crippen LogP contribution in [0.25, 0.3) is 0 Å². The first kappa shape index (κ1) is 10.9. The van der Waals surface area contributed by atoms with E-state index < -0.39 is 0 Å². The van der Waals surface area contributed by atoms with Crippen molar-refractivity contribution in [1.29, 1.82) is 0 Å². The van der Waals surface area contributed by atoms with Crippen molar-refractivity contribution >= 4 is 5.91 Å². The fraction of sp³-hybridized carbons (Fsp3) is 0.900. The molecule has 2 fully saturated rings. The van der Waals surface area contributed by atoms with Crippen molar-refractivity contribution in [3.63, 3.8) is 0 Å². The molecule has 5 nitrogen and oxygen atoms in total. The van der Waals surface area contributed by atoms with Crippen molar-refractivity contribution < 1.29 is 9.53 Å². The summed E-state index contributed by atoms with van der Waals surface area (Å²) in [5.74, 6) is 0.241. The zero-order valence-electron chi connectivity index (χ0n) is 9.24. The van der Waals surface area contributed by atoms with Crippen molar-refractivity contribution in [3.8, 4) is 0 Å². The van der Waals surface area contributed by atoms with E-state index in [-0.39, 0.29) is 5.91 Å². The van der Waals surface area contributed by atoms with E-state index in [1.807, 2.05) is 4.90 Å². The number of fused-ring (bicyclic) bond motifs is 1. The molecule has 0 spiro atoms. The van der Waals surface area contributed by atoms with E-state index in [2.05, 4.69) is 10.2 Å². The zero-order valence-corrected chi connectivity index (χ0v) is 9.24. The number of methoxy groups -OCH3 is 1. The second kappa shape index (κ2) is 4.92. The number of rotatable bonds is 3. The molecule has 0 saturated carbocycles. The van der Waals surface area contributed by atoms with Crippen molar-refractivity contribution in [2.24, 2.45) is 0 Å². The van der Waals surface area contributed by atoms with Gasteiger partial charge in [0, 0.05) is 45.9 Å². The van der Waals surface area contributed by atoms with Gasteiger partial charge in [0.1, 0.15) is 0 Å². The molecule has 2 heterocycles. The topological polar surface area (TPSA) is 44.8 Å². The van der Waals surface area contributed by atoms with Crippen molar-refractivity contribution in [2.75, 3.05) is 53.0 Å². The molecule has 2 aliphatic heterocycles. The number of carbonyl (C=O) groups excluding carboxylic acids is 1. The van der Waals surface area contributed by atoms with Crippen LogP contribution < -0.4 is 5.32 Å². The lowest BCUT2D eigenvalue weighted by atomic mass is 10.1. The Balaban J connectivity index is 1.89. The van der Waals surface area contributed by atoms with E-state index in [4.69, 9.17) is 4.74 Å². The van der Waals surface area contributed by atoms with Gasteiger partial charge in [0.15, 0.2) is 0 Å². The molecule has 0 aliphatic carbocycles. The van der Waals surface area contributed by atoms with Crippen molar-refractivity contribution in [1.82, 2.24) is 15.1 Å². The minimum absolute atomic E-state index is 0.241. The number of carbonyl (C=O) groups is 1. The molecule has 0 aromatic carbocycles. The van der Waals surface area contributed by atoms with Crippen LogP contribution in [0, 0.1) is 0 Å². The van der Waals surface area contributed by atoms with E-state index >= 15 is 0 Å². The highest BCUT2D eigenvalue weighted by molar-refractivity contribution is 5.79. The molecule has 1 amide bonds. The molecule has 0 aromatic heterocycles. The van der Waals surface area contributed by atoms with Gasteiger partial charge in [-0.1, -0.05) is 0 Å². The predicted molar refractivity (Wildman–Crippen MR) is 56.7 cm³/mol. The highest BCUT2D eigenvalue weighted by Gasteiger charge is 2.32. The van der Waals surface area contributed by atoms with Gasteiger partial charge in [-0.15, -0.1) is 0 Å². The number of hydrogen-bond acceptors (Lipinski definition) is 4. The second-order valence-electron chi connectivity index (χ2n) is 4.16. The summed E-state index contributed by atoms with van der Waals surface area (Å²) < 4.78 is 5.01. The van der Waals surface area contributed by atoms with Gasteiger partial charge in [-0.2, -0.15) is 0 Å². The maximum absolute atomic E-state index is 11.8. The summed E-state index contributed by atoms with van der Waals surface area (Å²) in [4.78, 5) is 16.0. The predicted octanol–water partition coefficient (Wildman–Crippen LogP) is -1.25. The van der Waals surface area contributed by atoms with Crippen LogP contribution in [0.15, 0.2) is 0 Å². The summed E-state index contributed by atoms with van der Waals surface area (Å²) in [7, 11) is 1.67. The minimum atomic E-state index is 0.241. The Labute approximate surface area is 90.4 Å². The number of nitrogens with zero attached hydrogens (tertiary/aromatic N) is 2. The largest absolute Gasteiger partial charge is 0.383 e. The zero-order chi connectivity index (χ0) is 10.7. The van der Waals surface area contributed by atoms with E-state index in [0.29, 0.717) is 19.2 Å². The first-order valence-electron chi connectivity index (χ1n) is 5.52. The Morgan fingerprint density at radius 3 is 3.27 bits per heavy atom. The Hall–Kier alpha value is -0.650. The summed E-state index contributed by atoms with van der Waals surface area (Å²) in [5.41, 5.74) is 0. The average molecular weight is 213 g/mol. The van der Waals surface area contributed by atoms with Crippen LogP contribution in [-0.4, -0.2) is 74.7 Å². The van der Waals surface area contributed by atoms with Crippen LogP contribution in [0.5, 0.6) is 0 Å². The molecule has 0 aromatic rings. The number of amides is 1. The fourth-order valence-electron chi connectivity index (χ4n) is 2.24. The summed E-state index contributed by atoms with van der Waals surface area (Å²) in [6.07, 6.45) is 0. The number of hydrogen-bond donors (Lipinski definition) is 1. The van der Waals surface area contributed by atoms with Crippen LogP contribution in [0.4, 0.5) is 0 Å². The Morgan fingerprint density at radius 2 is 2.47 bits per heavy atom. The summed E-state index contributed by atoms with van der Waals surface area (Å²) in [5, 5.41) is 3.36. The standard InChI is InChI=1S/C10H19N3O2/c1-15-5-4-13-7-9-6-11-2-3-12(9)8-10(13)14/h9,11H,2-8H2,1H3. The molecular weight excluding hydrogens is 194 g/mol. The van der Waals surface area contributed by atoms with E-state index in [1.54, 1.807) is 7.11 Å². The van der Waals surface area contributed by atoms with Crippen molar-refractivity contribution in [3.05, 3.63) is 0 Å². The van der Waals surface area contributed by atoms with Gasteiger partial charge in [-0.25, -0.2) is 0 Å². The van der Waals surface area contributed by atoms with E-state index in [0.717, 1.165) is 32.7 Å². The number of ether oxygens (including phenoxy) is 1. The summed E-state index contributed by atoms with van der Waals surface area (Å²) in [6, 6.07) is 0.494. The van der Waals surface area contributed by atoms with Crippen LogP contribution in [0.3, 0.4) is 0 Å².